The van der Waals surface area contributed by atoms with Gasteiger partial charge in [0.05, 0.1) is 24.3 Å². The number of hydrogen-bond acceptors (Lipinski definition) is 7. The zero-order chi connectivity index (χ0) is 34.4. The second-order valence-corrected chi connectivity index (χ2v) is 18.6. The Balaban J connectivity index is 1.20. The summed E-state index contributed by atoms with van der Waals surface area (Å²) in [4.78, 5) is 12.1. The number of carboxylic acids is 1. The molecule has 0 unspecified atom stereocenters. The zero-order valence-electron chi connectivity index (χ0n) is 30.4. The molecule has 6 aliphatic rings. The molecule has 1 aromatic rings. The average molecular weight is 679 g/mol. The highest BCUT2D eigenvalue weighted by Gasteiger charge is 2.53. The number of aliphatic hydroxyl groups is 2. The van der Waals surface area contributed by atoms with Gasteiger partial charge < -0.3 is 31.7 Å². The highest BCUT2D eigenvalue weighted by Crippen LogP contribution is 2.56. The molecule has 8 N–H and O–H groups in total. The van der Waals surface area contributed by atoms with Crippen LogP contribution in [0.1, 0.15) is 134 Å². The molecule has 8 heteroatoms. The summed E-state index contributed by atoms with van der Waals surface area (Å²) in [5, 5.41) is 43.9. The fourth-order valence-electron chi connectivity index (χ4n) is 12.4. The highest BCUT2D eigenvalue weighted by atomic mass is 16.4. The summed E-state index contributed by atoms with van der Waals surface area (Å²) < 4.78 is 0. The van der Waals surface area contributed by atoms with Crippen molar-refractivity contribution < 1.29 is 20.1 Å². The van der Waals surface area contributed by atoms with Crippen LogP contribution in [0.5, 0.6) is 0 Å². The molecule has 3 aliphatic heterocycles. The van der Waals surface area contributed by atoms with Gasteiger partial charge in [-0.15, -0.1) is 0 Å². The highest BCUT2D eigenvalue weighted by molar-refractivity contribution is 5.68. The number of nitrogens with one attached hydrogen (secondary N) is 3. The number of aliphatic carboxylic acids is 1. The maximum Gasteiger partial charge on any atom is 0.306 e. The molecule has 3 heterocycles. The van der Waals surface area contributed by atoms with Gasteiger partial charge in [-0.05, 0) is 157 Å². The Kier molecular flexibility index (Phi) is 10.3. The van der Waals surface area contributed by atoms with Gasteiger partial charge in [-0.25, -0.2) is 0 Å². The fourth-order valence-corrected chi connectivity index (χ4v) is 12.4. The van der Waals surface area contributed by atoms with E-state index in [2.05, 4.69) is 54.1 Å². The largest absolute Gasteiger partial charge is 0.481 e. The minimum absolute atomic E-state index is 0.158. The van der Waals surface area contributed by atoms with Crippen LogP contribution in [-0.4, -0.2) is 68.9 Å². The molecule has 8 nitrogen and oxygen atoms in total. The maximum atomic E-state index is 12.1. The van der Waals surface area contributed by atoms with Crippen LogP contribution < -0.4 is 21.7 Å². The quantitative estimate of drug-likeness (QED) is 0.220. The van der Waals surface area contributed by atoms with Crippen molar-refractivity contribution in [1.29, 1.82) is 0 Å². The topological polar surface area (TPSA) is 140 Å². The molecule has 5 fully saturated rings. The first kappa shape index (κ1) is 35.8. The smallest absolute Gasteiger partial charge is 0.306 e. The normalized spacial score (nSPS) is 44.5. The van der Waals surface area contributed by atoms with Gasteiger partial charge in [-0.2, -0.15) is 0 Å². The Hall–Kier alpha value is -1.55. The van der Waals surface area contributed by atoms with E-state index in [-0.39, 0.29) is 53.8 Å². The number of fused-ring (bicyclic) bond motifs is 9. The number of nitrogens with two attached hydrogens (primary N) is 1. The van der Waals surface area contributed by atoms with Crippen molar-refractivity contribution in [3.63, 3.8) is 0 Å². The summed E-state index contributed by atoms with van der Waals surface area (Å²) in [5.74, 6) is 1.80. The van der Waals surface area contributed by atoms with E-state index in [4.69, 9.17) is 5.73 Å². The molecule has 3 aliphatic carbocycles. The van der Waals surface area contributed by atoms with E-state index in [0.29, 0.717) is 24.2 Å². The molecule has 7 rings (SSSR count). The van der Waals surface area contributed by atoms with E-state index < -0.39 is 11.6 Å². The first-order valence-electron chi connectivity index (χ1n) is 20.1. The third-order valence-corrected chi connectivity index (χ3v) is 15.0. The van der Waals surface area contributed by atoms with E-state index in [1.54, 1.807) is 0 Å². The lowest BCUT2D eigenvalue weighted by molar-refractivity contribution is -0.143. The monoisotopic (exact) mass is 679 g/mol. The molecule has 3 saturated carbocycles. The first-order valence-corrected chi connectivity index (χ1v) is 20.1. The lowest BCUT2D eigenvalue weighted by Crippen LogP contribution is -2.64. The summed E-state index contributed by atoms with van der Waals surface area (Å²) in [5.41, 5.74) is 8.20. The average Bonchev–Trinajstić information content (AvgIpc) is 3.51. The van der Waals surface area contributed by atoms with Gasteiger partial charge in [0, 0.05) is 29.7 Å². The summed E-state index contributed by atoms with van der Waals surface area (Å²) in [6.45, 7) is 4.65. The summed E-state index contributed by atoms with van der Waals surface area (Å²) >= 11 is 0. The number of piperidine rings is 2. The predicted octanol–water partition coefficient (Wildman–Crippen LogP) is 5.42. The third-order valence-electron chi connectivity index (χ3n) is 15.0. The van der Waals surface area contributed by atoms with Crippen LogP contribution in [0.2, 0.25) is 0 Å². The van der Waals surface area contributed by atoms with E-state index in [0.717, 1.165) is 50.9 Å². The van der Waals surface area contributed by atoms with Crippen LogP contribution in [0.25, 0.3) is 0 Å². The molecular formula is C41H66N4O4. The molecule has 0 aromatic heterocycles. The van der Waals surface area contributed by atoms with Crippen LogP contribution in [0, 0.1) is 29.1 Å². The van der Waals surface area contributed by atoms with Gasteiger partial charge in [-0.3, -0.25) is 10.1 Å². The zero-order valence-corrected chi connectivity index (χ0v) is 30.4. The van der Waals surface area contributed by atoms with Crippen molar-refractivity contribution in [2.75, 3.05) is 6.54 Å². The summed E-state index contributed by atoms with van der Waals surface area (Å²) in [6, 6.07) is 9.71. The van der Waals surface area contributed by atoms with Crippen LogP contribution >= 0.6 is 0 Å². The number of carbonyl (C=O) groups is 1. The predicted molar refractivity (Wildman–Crippen MR) is 194 cm³/mol. The number of hydrogen-bond donors (Lipinski definition) is 7. The van der Waals surface area contributed by atoms with Gasteiger partial charge in [0.1, 0.15) is 0 Å². The molecule has 0 amide bonds. The minimum atomic E-state index is -1.29. The maximum absolute atomic E-state index is 12.1. The van der Waals surface area contributed by atoms with Gasteiger partial charge in [0.15, 0.2) is 0 Å². The first-order chi connectivity index (χ1) is 23.3. The lowest BCUT2D eigenvalue weighted by Gasteiger charge is -2.58. The van der Waals surface area contributed by atoms with E-state index in [1.807, 2.05) is 0 Å². The Morgan fingerprint density at radius 1 is 0.939 bits per heavy atom. The van der Waals surface area contributed by atoms with Crippen LogP contribution in [0.15, 0.2) is 24.3 Å². The van der Waals surface area contributed by atoms with Gasteiger partial charge >= 0.3 is 5.97 Å². The van der Waals surface area contributed by atoms with Crippen molar-refractivity contribution in [2.45, 2.75) is 177 Å². The molecule has 1 aromatic carbocycles. The van der Waals surface area contributed by atoms with E-state index in [9.17, 15) is 20.1 Å². The minimum Gasteiger partial charge on any atom is -0.481 e. The molecule has 274 valence electrons. The lowest BCUT2D eigenvalue weighted by atomic mass is 9.52. The molecule has 2 spiro atoms. The van der Waals surface area contributed by atoms with Crippen molar-refractivity contribution >= 4 is 5.97 Å². The third kappa shape index (κ3) is 7.95. The fraction of sp³-hybridized carbons (Fsp3) is 0.829. The standard InChI is InChI=1S/C41H66N4O4/c1-27-35(46)10-15-41(45-27)14-8-30-21-32(41)22-31-19-28-6-5-7-29(18-28)20-33-23-38(2,24-36(42)44-33)43-26-40(49,25-37(47)48)17-16-39(11-3-4-12-39)13-9-34(30)31/h5-7,18,27,30-36,43-46,49H,3-4,8-17,19-26,42H2,1-2H3,(H,47,48)/t27-,30-,31-,32-,33+,34+,35-,36+,38+,40-,41+/m1/s1. The van der Waals surface area contributed by atoms with Crippen LogP contribution in [0.4, 0.5) is 0 Å². The Bertz CT molecular complexity index is 1320. The van der Waals surface area contributed by atoms with Gasteiger partial charge in [0.2, 0.25) is 0 Å². The van der Waals surface area contributed by atoms with Gasteiger partial charge in [0.25, 0.3) is 0 Å². The Morgan fingerprint density at radius 2 is 1.67 bits per heavy atom. The molecule has 0 radical (unpaired) electrons. The number of aliphatic hydroxyl groups excluding tert-OH is 1. The van der Waals surface area contributed by atoms with Crippen LogP contribution in [0.3, 0.4) is 0 Å². The Morgan fingerprint density at radius 3 is 2.43 bits per heavy atom. The summed E-state index contributed by atoms with van der Waals surface area (Å²) in [6.07, 6.45) is 18.8. The molecule has 49 heavy (non-hydrogen) atoms. The number of rotatable bonds is 2. The second-order valence-electron chi connectivity index (χ2n) is 18.6. The SMILES string of the molecule is C[C@H]1N[C@@]2(CC[C@@H]3C[C@@H]2C[C@H]2Cc4cccc(c4)C[C@H]4C[C@@](C)(C[C@@H](N)N4)NC[C@](O)(CC(=O)O)CCC4(CCCC4)CC[C@@H]32)CC[C@H]1O. The van der Waals surface area contributed by atoms with E-state index >= 15 is 0 Å². The second kappa shape index (κ2) is 14.1. The number of β-amino-alcohol motifs (C(OH)–C–C–N with tert-alkyl or cyclic N) is 1. The molecule has 2 saturated heterocycles. The van der Waals surface area contributed by atoms with Crippen molar-refractivity contribution in [3.8, 4) is 0 Å². The molecule has 6 bridgehead atoms. The van der Waals surface area contributed by atoms with Gasteiger partial charge in [-0.1, -0.05) is 37.1 Å². The number of benzene rings is 1. The van der Waals surface area contributed by atoms with Crippen LogP contribution in [-0.2, 0) is 17.6 Å². The number of carboxylic acid groups (broad SMARTS) is 1. The molecular weight excluding hydrogens is 612 g/mol. The Labute approximate surface area is 295 Å². The van der Waals surface area contributed by atoms with Crippen molar-refractivity contribution in [1.82, 2.24) is 16.0 Å². The van der Waals surface area contributed by atoms with Crippen molar-refractivity contribution in [3.05, 3.63) is 35.4 Å². The molecule has 11 atom stereocenters. The van der Waals surface area contributed by atoms with E-state index in [1.165, 1.54) is 75.3 Å². The summed E-state index contributed by atoms with van der Waals surface area (Å²) in [7, 11) is 0. The van der Waals surface area contributed by atoms with Crippen molar-refractivity contribution in [2.24, 2.45) is 34.8 Å².